The van der Waals surface area contributed by atoms with Gasteiger partial charge in [-0.3, -0.25) is 24.2 Å². The molecule has 18 nitrogen and oxygen atoms in total. The standard InChI is InChI=1S/C46H56N10O8S/c1-28(44(60)56-24-12-21-39(56)43(59)53-37(45(61)62)26-30-27-50-34-18-8-7-15-31(30)34)51-41(57)35(19-11-23-49-46(47)48)52-42(58)36(25-29-13-5-4-6-14-29)54-65(63,64)40-22-10-16-32-33(40)17-9-20-38(32)55(2)3/h4-10,13-18,20,22,27-28,35-37,39,50,54H,11-12,19,21,23-26H2,1-3H3,(H,51,57)(H,52,58)(H,53,59)(H,61,62)(H4,47,48,49)/t28-,35-,36-,37-,39-/m0/s1. The second-order valence-corrected chi connectivity index (χ2v) is 18.0. The second kappa shape index (κ2) is 21.1. The van der Waals surface area contributed by atoms with E-state index in [4.69, 9.17) is 11.5 Å². The van der Waals surface area contributed by atoms with Gasteiger partial charge in [0.1, 0.15) is 30.2 Å². The fourth-order valence-electron chi connectivity index (χ4n) is 8.14. The highest BCUT2D eigenvalue weighted by atomic mass is 32.2. The van der Waals surface area contributed by atoms with Crippen molar-refractivity contribution in [3.63, 3.8) is 0 Å². The number of guanidine groups is 1. The number of carboxylic acid groups (broad SMARTS) is 1. The fraction of sp³-hybridized carbons (Fsp3) is 0.348. The van der Waals surface area contributed by atoms with E-state index in [9.17, 15) is 37.5 Å². The van der Waals surface area contributed by atoms with E-state index in [-0.39, 0.29) is 56.0 Å². The normalized spacial score (nSPS) is 15.7. The van der Waals surface area contributed by atoms with Gasteiger partial charge >= 0.3 is 5.97 Å². The van der Waals surface area contributed by atoms with Crippen LogP contribution in [0.15, 0.2) is 107 Å². The number of fused-ring (bicyclic) bond motifs is 2. The molecule has 2 heterocycles. The van der Waals surface area contributed by atoms with E-state index in [1.165, 1.54) is 17.9 Å². The highest BCUT2D eigenvalue weighted by molar-refractivity contribution is 7.89. The molecule has 65 heavy (non-hydrogen) atoms. The molecule has 1 aliphatic rings. The average Bonchev–Trinajstić information content (AvgIpc) is 3.94. The van der Waals surface area contributed by atoms with Gasteiger partial charge in [-0.05, 0) is 68.4 Å². The van der Waals surface area contributed by atoms with Gasteiger partial charge in [-0.25, -0.2) is 13.2 Å². The SMILES string of the molecule is C[C@H](NC(=O)[C@H](CCCN=C(N)N)NC(=O)[C@H](Cc1ccccc1)NS(=O)(=O)c1cccc2c(N(C)C)cccc12)C(=O)N1CCC[C@H]1C(=O)N[C@@H](Cc1c[nH]c2ccccc12)C(=O)O. The van der Waals surface area contributed by atoms with Gasteiger partial charge in [-0.15, -0.1) is 0 Å². The van der Waals surface area contributed by atoms with Crippen molar-refractivity contribution in [1.82, 2.24) is 30.6 Å². The van der Waals surface area contributed by atoms with Gasteiger partial charge in [0.25, 0.3) is 0 Å². The molecule has 10 N–H and O–H groups in total. The summed E-state index contributed by atoms with van der Waals surface area (Å²) in [6.45, 7) is 1.74. The number of anilines is 1. The number of aliphatic carboxylic acids is 1. The monoisotopic (exact) mass is 908 g/mol. The van der Waals surface area contributed by atoms with Crippen molar-refractivity contribution >= 4 is 72.9 Å². The van der Waals surface area contributed by atoms with Gasteiger partial charge in [-0.1, -0.05) is 72.8 Å². The molecular weight excluding hydrogens is 853 g/mol. The molecule has 0 radical (unpaired) electrons. The summed E-state index contributed by atoms with van der Waals surface area (Å²) in [4.78, 5) is 78.5. The number of hydrogen-bond donors (Lipinski definition) is 8. The number of carboxylic acids is 1. The van der Waals surface area contributed by atoms with Gasteiger partial charge in [-0.2, -0.15) is 4.72 Å². The summed E-state index contributed by atoms with van der Waals surface area (Å²) in [5.41, 5.74) is 14.0. The largest absolute Gasteiger partial charge is 0.480 e. The minimum atomic E-state index is -4.36. The Morgan fingerprint density at radius 3 is 2.23 bits per heavy atom. The van der Waals surface area contributed by atoms with Crippen molar-refractivity contribution in [2.24, 2.45) is 16.5 Å². The van der Waals surface area contributed by atoms with Crippen molar-refractivity contribution in [3.8, 4) is 0 Å². The molecule has 6 rings (SSSR count). The van der Waals surface area contributed by atoms with Crippen molar-refractivity contribution in [1.29, 1.82) is 0 Å². The first-order chi connectivity index (χ1) is 31.0. The van der Waals surface area contributed by atoms with Crippen LogP contribution in [0.4, 0.5) is 5.69 Å². The topological polar surface area (TPSA) is 275 Å². The number of carbonyl (C=O) groups is 5. The second-order valence-electron chi connectivity index (χ2n) is 16.3. The number of nitrogens with two attached hydrogens (primary N) is 2. The molecule has 0 spiro atoms. The van der Waals surface area contributed by atoms with Crippen LogP contribution in [0.5, 0.6) is 0 Å². The maximum absolute atomic E-state index is 14.3. The Kier molecular flexibility index (Phi) is 15.4. The molecule has 5 aromatic rings. The van der Waals surface area contributed by atoms with Crippen LogP contribution in [-0.2, 0) is 46.8 Å². The molecule has 0 bridgehead atoms. The van der Waals surface area contributed by atoms with E-state index < -0.39 is 69.8 Å². The van der Waals surface area contributed by atoms with Crippen LogP contribution in [-0.4, -0.2) is 116 Å². The Hall–Kier alpha value is -6.99. The molecule has 4 amide bonds. The number of amides is 4. The first kappa shape index (κ1) is 47.5. The third-order valence-corrected chi connectivity index (χ3v) is 12.9. The zero-order chi connectivity index (χ0) is 46.8. The zero-order valence-electron chi connectivity index (χ0n) is 36.5. The van der Waals surface area contributed by atoms with Crippen molar-refractivity contribution in [2.45, 2.75) is 80.6 Å². The van der Waals surface area contributed by atoms with E-state index in [0.717, 1.165) is 16.6 Å². The van der Waals surface area contributed by atoms with Gasteiger partial charge in [0.2, 0.25) is 33.7 Å². The van der Waals surface area contributed by atoms with Gasteiger partial charge in [0, 0.05) is 67.2 Å². The van der Waals surface area contributed by atoms with Crippen LogP contribution >= 0.6 is 0 Å². The maximum Gasteiger partial charge on any atom is 0.326 e. The lowest BCUT2D eigenvalue weighted by Crippen LogP contribution is -2.58. The maximum atomic E-state index is 14.3. The molecule has 1 aromatic heterocycles. The van der Waals surface area contributed by atoms with Crippen molar-refractivity contribution in [3.05, 3.63) is 108 Å². The molecule has 1 saturated heterocycles. The number of para-hydroxylation sites is 1. The molecule has 0 aliphatic carbocycles. The number of aliphatic imine (C=N–C) groups is 1. The smallest absolute Gasteiger partial charge is 0.326 e. The van der Waals surface area contributed by atoms with E-state index in [1.807, 2.05) is 55.4 Å². The Bertz CT molecular complexity index is 2670. The van der Waals surface area contributed by atoms with Crippen LogP contribution in [0.2, 0.25) is 0 Å². The summed E-state index contributed by atoms with van der Waals surface area (Å²) in [6, 6.07) is 20.3. The number of benzene rings is 4. The van der Waals surface area contributed by atoms with Gasteiger partial charge in [0.15, 0.2) is 5.96 Å². The summed E-state index contributed by atoms with van der Waals surface area (Å²) in [6.07, 6.45) is 2.59. The molecule has 1 fully saturated rings. The Balaban J connectivity index is 1.18. The summed E-state index contributed by atoms with van der Waals surface area (Å²) in [7, 11) is -0.657. The van der Waals surface area contributed by atoms with E-state index in [0.29, 0.717) is 28.3 Å². The zero-order valence-corrected chi connectivity index (χ0v) is 37.3. The predicted molar refractivity (Wildman–Crippen MR) is 248 cm³/mol. The number of aromatic nitrogens is 1. The lowest BCUT2D eigenvalue weighted by Gasteiger charge is -2.29. The Morgan fingerprint density at radius 1 is 0.831 bits per heavy atom. The van der Waals surface area contributed by atoms with Crippen LogP contribution < -0.4 is 37.0 Å². The van der Waals surface area contributed by atoms with Crippen LogP contribution in [0.3, 0.4) is 0 Å². The first-order valence-corrected chi connectivity index (χ1v) is 22.8. The number of nitrogens with one attached hydrogen (secondary N) is 5. The minimum absolute atomic E-state index is 0.00153. The first-order valence-electron chi connectivity index (χ1n) is 21.3. The minimum Gasteiger partial charge on any atom is -0.480 e. The number of sulfonamides is 1. The molecule has 0 unspecified atom stereocenters. The number of H-pyrrole nitrogens is 1. The number of likely N-dealkylation sites (tertiary alicyclic amines) is 1. The fourth-order valence-corrected chi connectivity index (χ4v) is 9.56. The molecule has 4 aromatic carbocycles. The quantitative estimate of drug-likeness (QED) is 0.0318. The van der Waals surface area contributed by atoms with E-state index in [2.05, 4.69) is 30.6 Å². The molecule has 5 atom stereocenters. The third-order valence-electron chi connectivity index (χ3n) is 11.4. The number of carbonyl (C=O) groups excluding carboxylic acids is 4. The summed E-state index contributed by atoms with van der Waals surface area (Å²) in [5, 5.41) is 20.0. The highest BCUT2D eigenvalue weighted by Gasteiger charge is 2.39. The molecular formula is C46H56N10O8S. The van der Waals surface area contributed by atoms with Crippen LogP contribution in [0, 0.1) is 0 Å². The molecule has 19 heteroatoms. The third kappa shape index (κ3) is 11.8. The van der Waals surface area contributed by atoms with Gasteiger partial charge in [0.05, 0.1) is 4.90 Å². The molecule has 1 aliphatic heterocycles. The Morgan fingerprint density at radius 2 is 1.51 bits per heavy atom. The molecule has 344 valence electrons. The summed E-state index contributed by atoms with van der Waals surface area (Å²) >= 11 is 0. The number of hydrogen-bond acceptors (Lipinski definition) is 9. The number of nitrogens with zero attached hydrogens (tertiary/aromatic N) is 3. The predicted octanol–water partition coefficient (Wildman–Crippen LogP) is 2.12. The lowest BCUT2D eigenvalue weighted by molar-refractivity contribution is -0.144. The summed E-state index contributed by atoms with van der Waals surface area (Å²) < 4.78 is 31.1. The van der Waals surface area contributed by atoms with Crippen LogP contribution in [0.1, 0.15) is 43.7 Å². The van der Waals surface area contributed by atoms with Crippen LogP contribution in [0.25, 0.3) is 21.7 Å². The van der Waals surface area contributed by atoms with E-state index in [1.54, 1.807) is 54.7 Å². The summed E-state index contributed by atoms with van der Waals surface area (Å²) in [5.74, 6) is -4.19. The number of rotatable bonds is 20. The van der Waals surface area contributed by atoms with Crippen molar-refractivity contribution < 1.29 is 37.5 Å². The Labute approximate surface area is 377 Å². The highest BCUT2D eigenvalue weighted by Crippen LogP contribution is 2.30. The number of aromatic amines is 1. The van der Waals surface area contributed by atoms with E-state index >= 15 is 0 Å². The lowest BCUT2D eigenvalue weighted by atomic mass is 10.0. The average molecular weight is 909 g/mol. The van der Waals surface area contributed by atoms with Gasteiger partial charge < -0.3 is 47.3 Å². The van der Waals surface area contributed by atoms with Crippen molar-refractivity contribution in [2.75, 3.05) is 32.1 Å². The molecule has 0 saturated carbocycles.